The molecule has 0 aromatic heterocycles. The van der Waals surface area contributed by atoms with Crippen LogP contribution in [-0.2, 0) is 0 Å². The van der Waals surface area contributed by atoms with E-state index in [0.29, 0.717) is 0 Å². The van der Waals surface area contributed by atoms with Gasteiger partial charge < -0.3 is 0 Å². The van der Waals surface area contributed by atoms with Crippen LogP contribution in [-0.4, -0.2) is 0 Å². The summed E-state index contributed by atoms with van der Waals surface area (Å²) in [5, 5.41) is 10.8. The van der Waals surface area contributed by atoms with Gasteiger partial charge in [0.15, 0.2) is 0 Å². The summed E-state index contributed by atoms with van der Waals surface area (Å²) in [6.07, 6.45) is 8.94. The lowest BCUT2D eigenvalue weighted by atomic mass is 9.82. The third-order valence-electron chi connectivity index (χ3n) is 9.38. The van der Waals surface area contributed by atoms with Gasteiger partial charge in [-0.2, -0.15) is 0 Å². The Balaban J connectivity index is 1.22. The van der Waals surface area contributed by atoms with Crippen LogP contribution in [0.1, 0.15) is 22.3 Å². The number of hydrogen-bond acceptors (Lipinski definition) is 0. The van der Waals surface area contributed by atoms with Gasteiger partial charge in [-0.15, -0.1) is 0 Å². The highest BCUT2D eigenvalue weighted by molar-refractivity contribution is 6.35. The second-order valence-corrected chi connectivity index (χ2v) is 12.1. The summed E-state index contributed by atoms with van der Waals surface area (Å²) < 4.78 is 0. The fourth-order valence-electron chi connectivity index (χ4n) is 6.99. The van der Waals surface area contributed by atoms with Gasteiger partial charge >= 0.3 is 0 Å². The summed E-state index contributed by atoms with van der Waals surface area (Å²) in [5.74, 6) is 0. The summed E-state index contributed by atoms with van der Waals surface area (Å²) in [6, 6.07) is 57.1. The molecule has 0 fully saturated rings. The van der Waals surface area contributed by atoms with Gasteiger partial charge in [0.1, 0.15) is 0 Å². The lowest BCUT2D eigenvalue weighted by Gasteiger charge is -2.21. The standard InChI is InChI=1S/C46H30/c1-5-13-31(14-6-1)21-23-35-25-39-40(26-36(35)24-22-32-15-7-2-8-16-32)44-30-46-42-28-38(34-19-11-4-12-20-34)37(33-17-9-3-10-18-33)27-41(42)45(46)29-43(39)44/h1-30H/b23-21+,24-22+. The molecule has 0 atom stereocenters. The van der Waals surface area contributed by atoms with E-state index in [2.05, 4.69) is 182 Å². The molecule has 0 bridgehead atoms. The van der Waals surface area contributed by atoms with E-state index < -0.39 is 0 Å². The average Bonchev–Trinajstić information content (AvgIpc) is 3.12. The van der Waals surface area contributed by atoms with Crippen molar-refractivity contribution in [2.24, 2.45) is 0 Å². The van der Waals surface area contributed by atoms with E-state index in [1.165, 1.54) is 87.6 Å². The van der Waals surface area contributed by atoms with Crippen molar-refractivity contribution >= 4 is 67.4 Å². The van der Waals surface area contributed by atoms with Crippen molar-refractivity contribution in [2.75, 3.05) is 0 Å². The molecule has 9 aromatic carbocycles. The number of benzene rings is 7. The lowest BCUT2D eigenvalue weighted by molar-refractivity contribution is 1.61. The monoisotopic (exact) mass is 582 g/mol. The summed E-state index contributed by atoms with van der Waals surface area (Å²) in [6.45, 7) is 0. The van der Waals surface area contributed by atoms with Crippen molar-refractivity contribution in [1.29, 1.82) is 0 Å². The Morgan fingerprint density at radius 3 is 0.935 bits per heavy atom. The summed E-state index contributed by atoms with van der Waals surface area (Å²) >= 11 is 0. The van der Waals surface area contributed by atoms with E-state index in [9.17, 15) is 0 Å². The molecule has 0 aliphatic heterocycles. The smallest absolute Gasteiger partial charge is 0.00921 e. The second kappa shape index (κ2) is 10.9. The van der Waals surface area contributed by atoms with Crippen LogP contribution in [0.4, 0.5) is 0 Å². The zero-order valence-corrected chi connectivity index (χ0v) is 25.3. The molecule has 46 heavy (non-hydrogen) atoms. The SMILES string of the molecule is C(=C\c1cc2c(cc1/C=C/c1ccccc1)c1cc3c4cc(-c5ccccc5)c(-c5ccccc5)cc4c3cc21)/c1ccccc1. The van der Waals surface area contributed by atoms with Gasteiger partial charge in [-0.1, -0.05) is 146 Å². The minimum absolute atomic E-state index is 1.20. The van der Waals surface area contributed by atoms with Gasteiger partial charge in [-0.3, -0.25) is 0 Å². The predicted molar refractivity (Wildman–Crippen MR) is 200 cm³/mol. The van der Waals surface area contributed by atoms with Gasteiger partial charge in [-0.25, -0.2) is 0 Å². The van der Waals surface area contributed by atoms with Crippen LogP contribution in [0.2, 0.25) is 0 Å². The number of rotatable bonds is 6. The van der Waals surface area contributed by atoms with Crippen LogP contribution in [0.25, 0.3) is 89.6 Å². The Morgan fingerprint density at radius 1 is 0.261 bits per heavy atom. The predicted octanol–water partition coefficient (Wildman–Crippen LogP) is 12.8. The quantitative estimate of drug-likeness (QED) is 0.171. The third-order valence-corrected chi connectivity index (χ3v) is 9.38. The maximum absolute atomic E-state index is 2.43. The van der Waals surface area contributed by atoms with Gasteiger partial charge in [-0.05, 0) is 124 Å². The maximum Gasteiger partial charge on any atom is -0.00921 e. The summed E-state index contributed by atoms with van der Waals surface area (Å²) in [7, 11) is 0. The molecule has 0 spiro atoms. The van der Waals surface area contributed by atoms with Crippen LogP contribution in [0.15, 0.2) is 158 Å². The molecule has 0 amide bonds. The van der Waals surface area contributed by atoms with Gasteiger partial charge in [0.2, 0.25) is 0 Å². The molecular weight excluding hydrogens is 553 g/mol. The molecule has 0 heteroatoms. The minimum Gasteiger partial charge on any atom is -0.0622 e. The Bertz CT molecular complexity index is 2340. The maximum atomic E-state index is 2.43. The van der Waals surface area contributed by atoms with Crippen molar-refractivity contribution in [3.63, 3.8) is 0 Å². The zero-order valence-electron chi connectivity index (χ0n) is 25.3. The van der Waals surface area contributed by atoms with Crippen molar-refractivity contribution in [1.82, 2.24) is 0 Å². The highest BCUT2D eigenvalue weighted by Crippen LogP contribution is 2.47. The van der Waals surface area contributed by atoms with E-state index in [-0.39, 0.29) is 0 Å². The summed E-state index contributed by atoms with van der Waals surface area (Å²) in [5.41, 5.74) is 9.90. The third kappa shape index (κ3) is 4.47. The van der Waals surface area contributed by atoms with Gasteiger partial charge in [0, 0.05) is 0 Å². The van der Waals surface area contributed by atoms with E-state index in [1.807, 2.05) is 0 Å². The first-order valence-electron chi connectivity index (χ1n) is 15.9. The Morgan fingerprint density at radius 2 is 0.565 bits per heavy atom. The van der Waals surface area contributed by atoms with E-state index >= 15 is 0 Å². The molecule has 0 radical (unpaired) electrons. The largest absolute Gasteiger partial charge is 0.0622 e. The van der Waals surface area contributed by atoms with Crippen molar-refractivity contribution in [3.05, 3.63) is 180 Å². The van der Waals surface area contributed by atoms with Crippen molar-refractivity contribution in [3.8, 4) is 22.3 Å². The molecule has 0 unspecified atom stereocenters. The Hall–Kier alpha value is -5.98. The fraction of sp³-hybridized carbons (Fsp3) is 0. The van der Waals surface area contributed by atoms with E-state index in [0.717, 1.165) is 0 Å². The van der Waals surface area contributed by atoms with Gasteiger partial charge in [0.25, 0.3) is 0 Å². The minimum atomic E-state index is 1.20. The van der Waals surface area contributed by atoms with Crippen molar-refractivity contribution < 1.29 is 0 Å². The second-order valence-electron chi connectivity index (χ2n) is 12.1. The first-order chi connectivity index (χ1) is 22.8. The first kappa shape index (κ1) is 26.4. The molecule has 9 aromatic rings. The normalized spacial score (nSPS) is 12.2. The van der Waals surface area contributed by atoms with Crippen molar-refractivity contribution in [2.45, 2.75) is 0 Å². The van der Waals surface area contributed by atoms with Crippen LogP contribution < -0.4 is 0 Å². The molecule has 0 N–H and O–H groups in total. The van der Waals surface area contributed by atoms with E-state index in [1.54, 1.807) is 0 Å². The molecular formula is C46H30. The zero-order chi connectivity index (χ0) is 30.5. The molecule has 0 saturated carbocycles. The average molecular weight is 583 g/mol. The fourth-order valence-corrected chi connectivity index (χ4v) is 6.99. The molecule has 9 rings (SSSR count). The molecule has 0 nitrogen and oxygen atoms in total. The lowest BCUT2D eigenvalue weighted by Crippen LogP contribution is -1.94. The van der Waals surface area contributed by atoms with Crippen LogP contribution in [0.3, 0.4) is 0 Å². The molecule has 0 saturated heterocycles. The topological polar surface area (TPSA) is 0 Å². The van der Waals surface area contributed by atoms with Gasteiger partial charge in [0.05, 0.1) is 0 Å². The first-order valence-corrected chi connectivity index (χ1v) is 15.9. The van der Waals surface area contributed by atoms with Crippen LogP contribution >= 0.6 is 0 Å². The molecule has 0 heterocycles. The van der Waals surface area contributed by atoms with E-state index in [4.69, 9.17) is 0 Å². The highest BCUT2D eigenvalue weighted by Gasteiger charge is 2.20. The van der Waals surface area contributed by atoms with Crippen LogP contribution in [0, 0.1) is 0 Å². The number of hydrogen-bond donors (Lipinski definition) is 0. The molecule has 214 valence electrons. The molecule has 0 aliphatic rings. The highest BCUT2D eigenvalue weighted by atomic mass is 14.2. The Labute approximate surface area is 268 Å². The summed E-state index contributed by atoms with van der Waals surface area (Å²) in [4.78, 5) is 0. The number of fused-ring (bicyclic) bond motifs is 8. The molecule has 0 aliphatic carbocycles. The Kier molecular flexibility index (Phi) is 6.25. The van der Waals surface area contributed by atoms with Crippen LogP contribution in [0.5, 0.6) is 0 Å².